The van der Waals surface area contributed by atoms with Crippen molar-refractivity contribution in [3.63, 3.8) is 0 Å². The molecule has 3 rings (SSSR count). The van der Waals surface area contributed by atoms with Crippen LogP contribution in [0.15, 0.2) is 48.5 Å². The highest BCUT2D eigenvalue weighted by Crippen LogP contribution is 2.35. The van der Waals surface area contributed by atoms with E-state index in [0.29, 0.717) is 22.8 Å². The van der Waals surface area contributed by atoms with Crippen molar-refractivity contribution in [3.05, 3.63) is 48.5 Å². The molecule has 0 spiro atoms. The second kappa shape index (κ2) is 6.00. The van der Waals surface area contributed by atoms with Crippen LogP contribution < -0.4 is 20.3 Å². The first-order valence-electron chi connectivity index (χ1n) is 7.26. The SMILES string of the molecule is CC1Oc2ccc(NC(=O)Nc3ccccc3)cc2N(C)C1=O. The zero-order valence-corrected chi connectivity index (χ0v) is 12.9. The molecule has 0 saturated heterocycles. The molecule has 2 aromatic carbocycles. The number of nitrogens with one attached hydrogen (secondary N) is 2. The Morgan fingerprint density at radius 2 is 1.78 bits per heavy atom. The fraction of sp³-hybridized carbons (Fsp3) is 0.176. The molecule has 2 aromatic rings. The molecule has 6 heteroatoms. The summed E-state index contributed by atoms with van der Waals surface area (Å²) in [6, 6.07) is 14.0. The summed E-state index contributed by atoms with van der Waals surface area (Å²) in [6.45, 7) is 1.71. The summed E-state index contributed by atoms with van der Waals surface area (Å²) in [6.07, 6.45) is -0.507. The molecule has 6 nitrogen and oxygen atoms in total. The van der Waals surface area contributed by atoms with Gasteiger partial charge in [-0.2, -0.15) is 0 Å². The average Bonchev–Trinajstić information content (AvgIpc) is 2.54. The van der Waals surface area contributed by atoms with E-state index in [2.05, 4.69) is 10.6 Å². The molecule has 23 heavy (non-hydrogen) atoms. The van der Waals surface area contributed by atoms with Crippen molar-refractivity contribution in [1.29, 1.82) is 0 Å². The number of hydrogen-bond donors (Lipinski definition) is 2. The van der Waals surface area contributed by atoms with Gasteiger partial charge in [0.25, 0.3) is 5.91 Å². The van der Waals surface area contributed by atoms with Crippen molar-refractivity contribution >= 4 is 29.0 Å². The number of fused-ring (bicyclic) bond motifs is 1. The van der Waals surface area contributed by atoms with E-state index >= 15 is 0 Å². The number of nitrogens with zero attached hydrogens (tertiary/aromatic N) is 1. The number of benzene rings is 2. The van der Waals surface area contributed by atoms with Crippen molar-refractivity contribution in [3.8, 4) is 5.75 Å². The number of ether oxygens (including phenoxy) is 1. The number of anilines is 3. The second-order valence-corrected chi connectivity index (χ2v) is 5.28. The van der Waals surface area contributed by atoms with Gasteiger partial charge >= 0.3 is 6.03 Å². The first kappa shape index (κ1) is 14.9. The third-order valence-electron chi connectivity index (χ3n) is 3.59. The third kappa shape index (κ3) is 3.11. The lowest BCUT2D eigenvalue weighted by Gasteiger charge is -2.30. The van der Waals surface area contributed by atoms with Crippen molar-refractivity contribution in [2.24, 2.45) is 0 Å². The van der Waals surface area contributed by atoms with Gasteiger partial charge in [0, 0.05) is 18.4 Å². The standard InChI is InChI=1S/C17H17N3O3/c1-11-16(21)20(2)14-10-13(8-9-15(14)23-11)19-17(22)18-12-6-4-3-5-7-12/h3-11H,1-2H3,(H2,18,19,22). The first-order valence-corrected chi connectivity index (χ1v) is 7.26. The van der Waals surface area contributed by atoms with E-state index in [9.17, 15) is 9.59 Å². The van der Waals surface area contributed by atoms with Gasteiger partial charge in [-0.05, 0) is 37.3 Å². The molecule has 0 fully saturated rings. The van der Waals surface area contributed by atoms with Crippen LogP contribution in [0.1, 0.15) is 6.92 Å². The van der Waals surface area contributed by atoms with E-state index in [0.717, 1.165) is 0 Å². The van der Waals surface area contributed by atoms with Crippen molar-refractivity contribution in [2.75, 3.05) is 22.6 Å². The normalized spacial score (nSPS) is 16.3. The molecule has 0 radical (unpaired) electrons. The lowest BCUT2D eigenvalue weighted by Crippen LogP contribution is -2.42. The van der Waals surface area contributed by atoms with Gasteiger partial charge in [0.15, 0.2) is 6.10 Å². The van der Waals surface area contributed by atoms with Crippen LogP contribution in [0.2, 0.25) is 0 Å². The van der Waals surface area contributed by atoms with Gasteiger partial charge in [-0.25, -0.2) is 4.79 Å². The Morgan fingerprint density at radius 1 is 1.09 bits per heavy atom. The molecule has 3 amide bonds. The first-order chi connectivity index (χ1) is 11.0. The Kier molecular flexibility index (Phi) is 3.89. The Bertz CT molecular complexity index is 746. The molecule has 0 bridgehead atoms. The third-order valence-corrected chi connectivity index (χ3v) is 3.59. The maximum atomic E-state index is 12.0. The second-order valence-electron chi connectivity index (χ2n) is 5.28. The quantitative estimate of drug-likeness (QED) is 0.895. The van der Waals surface area contributed by atoms with E-state index in [-0.39, 0.29) is 11.9 Å². The lowest BCUT2D eigenvalue weighted by atomic mass is 10.2. The highest BCUT2D eigenvalue weighted by atomic mass is 16.5. The highest BCUT2D eigenvalue weighted by molar-refractivity contribution is 6.02. The summed E-state index contributed by atoms with van der Waals surface area (Å²) in [7, 11) is 1.69. The fourth-order valence-electron chi connectivity index (χ4n) is 2.40. The van der Waals surface area contributed by atoms with Crippen molar-refractivity contribution < 1.29 is 14.3 Å². The molecule has 118 valence electrons. The number of carbonyl (C=O) groups is 2. The van der Waals surface area contributed by atoms with Crippen LogP contribution in [0.25, 0.3) is 0 Å². The van der Waals surface area contributed by atoms with Gasteiger partial charge < -0.3 is 20.3 Å². The lowest BCUT2D eigenvalue weighted by molar-refractivity contribution is -0.125. The molecular formula is C17H17N3O3. The Labute approximate surface area is 134 Å². The van der Waals surface area contributed by atoms with E-state index < -0.39 is 6.10 Å². The monoisotopic (exact) mass is 311 g/mol. The zero-order valence-electron chi connectivity index (χ0n) is 12.9. The number of amides is 3. The molecule has 1 heterocycles. The maximum Gasteiger partial charge on any atom is 0.323 e. The molecule has 0 aromatic heterocycles. The molecule has 0 saturated carbocycles. The molecule has 1 aliphatic rings. The van der Waals surface area contributed by atoms with E-state index in [4.69, 9.17) is 4.74 Å². The number of urea groups is 1. The number of para-hydroxylation sites is 1. The minimum absolute atomic E-state index is 0.122. The Morgan fingerprint density at radius 3 is 2.52 bits per heavy atom. The van der Waals surface area contributed by atoms with Gasteiger partial charge in [-0.3, -0.25) is 4.79 Å². The Hall–Kier alpha value is -3.02. The van der Waals surface area contributed by atoms with Crippen LogP contribution in [-0.4, -0.2) is 25.1 Å². The van der Waals surface area contributed by atoms with Crippen LogP contribution >= 0.6 is 0 Å². The van der Waals surface area contributed by atoms with Crippen LogP contribution in [-0.2, 0) is 4.79 Å². The van der Waals surface area contributed by atoms with Crippen LogP contribution in [0.4, 0.5) is 21.9 Å². The predicted molar refractivity (Wildman–Crippen MR) is 89.0 cm³/mol. The summed E-state index contributed by atoms with van der Waals surface area (Å²) in [5, 5.41) is 5.48. The summed E-state index contributed by atoms with van der Waals surface area (Å²) >= 11 is 0. The minimum Gasteiger partial charge on any atom is -0.479 e. The smallest absolute Gasteiger partial charge is 0.323 e. The predicted octanol–water partition coefficient (Wildman–Crippen LogP) is 3.07. The molecule has 1 atom stereocenters. The fourth-order valence-corrected chi connectivity index (χ4v) is 2.40. The summed E-state index contributed by atoms with van der Waals surface area (Å²) in [4.78, 5) is 25.5. The largest absolute Gasteiger partial charge is 0.479 e. The molecule has 1 unspecified atom stereocenters. The highest BCUT2D eigenvalue weighted by Gasteiger charge is 2.29. The number of rotatable bonds is 2. The van der Waals surface area contributed by atoms with Crippen LogP contribution in [0, 0.1) is 0 Å². The summed E-state index contributed by atoms with van der Waals surface area (Å²) < 4.78 is 5.55. The minimum atomic E-state index is -0.507. The number of carbonyl (C=O) groups excluding carboxylic acids is 2. The van der Waals surface area contributed by atoms with Crippen molar-refractivity contribution in [1.82, 2.24) is 0 Å². The van der Waals surface area contributed by atoms with E-state index in [1.54, 1.807) is 44.3 Å². The molecule has 1 aliphatic heterocycles. The van der Waals surface area contributed by atoms with Gasteiger partial charge in [-0.15, -0.1) is 0 Å². The topological polar surface area (TPSA) is 70.7 Å². The van der Waals surface area contributed by atoms with E-state index in [1.807, 2.05) is 18.2 Å². The maximum absolute atomic E-state index is 12.0. The number of hydrogen-bond acceptors (Lipinski definition) is 3. The Balaban J connectivity index is 1.75. The summed E-state index contributed by atoms with van der Waals surface area (Å²) in [5.74, 6) is 0.497. The van der Waals surface area contributed by atoms with Gasteiger partial charge in [-0.1, -0.05) is 18.2 Å². The zero-order chi connectivity index (χ0) is 16.4. The molecule has 0 aliphatic carbocycles. The summed E-state index contributed by atoms with van der Waals surface area (Å²) in [5.41, 5.74) is 1.91. The van der Waals surface area contributed by atoms with Gasteiger partial charge in [0.05, 0.1) is 5.69 Å². The van der Waals surface area contributed by atoms with Crippen molar-refractivity contribution in [2.45, 2.75) is 13.0 Å². The molecular weight excluding hydrogens is 294 g/mol. The molecule has 2 N–H and O–H groups in total. The van der Waals surface area contributed by atoms with Crippen LogP contribution in [0.5, 0.6) is 5.75 Å². The van der Waals surface area contributed by atoms with Gasteiger partial charge in [0.1, 0.15) is 5.75 Å². The average molecular weight is 311 g/mol. The number of likely N-dealkylation sites (N-methyl/N-ethyl adjacent to an activating group) is 1. The van der Waals surface area contributed by atoms with E-state index in [1.165, 1.54) is 4.90 Å². The van der Waals surface area contributed by atoms with Crippen LogP contribution in [0.3, 0.4) is 0 Å². The van der Waals surface area contributed by atoms with Gasteiger partial charge in [0.2, 0.25) is 0 Å².